The fourth-order valence-corrected chi connectivity index (χ4v) is 1.67. The van der Waals surface area contributed by atoms with Gasteiger partial charge in [0, 0.05) is 17.9 Å². The number of rotatable bonds is 3. The Morgan fingerprint density at radius 3 is 2.30 bits per heavy atom. The molecule has 104 valence electrons. The molecule has 0 unspecified atom stereocenters. The van der Waals surface area contributed by atoms with E-state index in [1.165, 1.54) is 42.5 Å². The highest BCUT2D eigenvalue weighted by Crippen LogP contribution is 2.17. The number of hydrogen-bond acceptors (Lipinski definition) is 2. The van der Waals surface area contributed by atoms with Gasteiger partial charge in [0.25, 0.3) is 0 Å². The maximum absolute atomic E-state index is 13.0. The van der Waals surface area contributed by atoms with Crippen LogP contribution in [0, 0.1) is 11.6 Å². The molecule has 4 N–H and O–H groups in total. The third-order valence-corrected chi connectivity index (χ3v) is 2.64. The van der Waals surface area contributed by atoms with Gasteiger partial charge in [0.15, 0.2) is 0 Å². The summed E-state index contributed by atoms with van der Waals surface area (Å²) in [6.45, 7) is 0.101. The molecular formula is C14H13F2N3O. The highest BCUT2D eigenvalue weighted by Gasteiger charge is 2.07. The lowest BCUT2D eigenvalue weighted by Gasteiger charge is -2.11. The molecule has 4 nitrogen and oxygen atoms in total. The van der Waals surface area contributed by atoms with Gasteiger partial charge in [-0.2, -0.15) is 0 Å². The van der Waals surface area contributed by atoms with Crippen LogP contribution < -0.4 is 16.4 Å². The van der Waals surface area contributed by atoms with Crippen LogP contribution >= 0.6 is 0 Å². The van der Waals surface area contributed by atoms with E-state index in [1.807, 2.05) is 0 Å². The Labute approximate surface area is 114 Å². The summed E-state index contributed by atoms with van der Waals surface area (Å²) in [6, 6.07) is 8.74. The molecule has 0 aliphatic carbocycles. The summed E-state index contributed by atoms with van der Waals surface area (Å²) in [5.41, 5.74) is 6.84. The lowest BCUT2D eigenvalue weighted by Crippen LogP contribution is -2.20. The van der Waals surface area contributed by atoms with Crippen LogP contribution in [0.15, 0.2) is 42.5 Å². The van der Waals surface area contributed by atoms with Crippen LogP contribution in [-0.4, -0.2) is 6.03 Å². The third kappa shape index (κ3) is 3.52. The fourth-order valence-electron chi connectivity index (χ4n) is 1.67. The number of urea groups is 1. The Morgan fingerprint density at radius 2 is 1.65 bits per heavy atom. The summed E-state index contributed by atoms with van der Waals surface area (Å²) in [6.07, 6.45) is 0. The van der Waals surface area contributed by atoms with E-state index < -0.39 is 11.8 Å². The van der Waals surface area contributed by atoms with Gasteiger partial charge in [0.2, 0.25) is 0 Å². The molecule has 0 aliphatic heterocycles. The van der Waals surface area contributed by atoms with Gasteiger partial charge in [-0.1, -0.05) is 0 Å². The minimum absolute atomic E-state index is 0.101. The Bertz CT molecular complexity index is 614. The van der Waals surface area contributed by atoms with Crippen molar-refractivity contribution < 1.29 is 13.6 Å². The fraction of sp³-hybridized carbons (Fsp3) is 0.0714. The molecule has 2 aromatic carbocycles. The number of nitrogens with one attached hydrogen (secondary N) is 2. The Kier molecular flexibility index (Phi) is 4.27. The molecule has 0 aromatic heterocycles. The van der Waals surface area contributed by atoms with Crippen molar-refractivity contribution in [3.8, 4) is 0 Å². The molecule has 0 saturated carbocycles. The Balaban J connectivity index is 2.06. The van der Waals surface area contributed by atoms with E-state index in [4.69, 9.17) is 5.73 Å². The molecule has 0 aliphatic rings. The van der Waals surface area contributed by atoms with E-state index >= 15 is 0 Å². The molecule has 0 spiro atoms. The van der Waals surface area contributed by atoms with E-state index in [2.05, 4.69) is 10.6 Å². The van der Waals surface area contributed by atoms with Crippen LogP contribution in [0.1, 0.15) is 5.56 Å². The maximum atomic E-state index is 13.0. The standard InChI is InChI=1S/C14H13F2N3O/c15-10-1-4-12(5-2-10)18-14(20)19-13-6-3-11(16)7-9(13)8-17/h1-7H,8,17H2,(H2,18,19,20). The average Bonchev–Trinajstić information content (AvgIpc) is 2.43. The molecule has 0 heterocycles. The van der Waals surface area contributed by atoms with Gasteiger partial charge in [0.05, 0.1) is 0 Å². The molecular weight excluding hydrogens is 264 g/mol. The second kappa shape index (κ2) is 6.12. The van der Waals surface area contributed by atoms with Crippen molar-refractivity contribution in [3.05, 3.63) is 59.7 Å². The molecule has 2 amide bonds. The predicted molar refractivity (Wildman–Crippen MR) is 73.3 cm³/mol. The lowest BCUT2D eigenvalue weighted by atomic mass is 10.1. The first kappa shape index (κ1) is 14.0. The maximum Gasteiger partial charge on any atom is 0.323 e. The van der Waals surface area contributed by atoms with Crippen molar-refractivity contribution in [3.63, 3.8) is 0 Å². The zero-order valence-corrected chi connectivity index (χ0v) is 10.5. The second-order valence-electron chi connectivity index (χ2n) is 4.09. The Morgan fingerprint density at radius 1 is 1.00 bits per heavy atom. The smallest absolute Gasteiger partial charge is 0.323 e. The number of carbonyl (C=O) groups is 1. The average molecular weight is 277 g/mol. The van der Waals surface area contributed by atoms with Crippen molar-refractivity contribution in [1.82, 2.24) is 0 Å². The predicted octanol–water partition coefficient (Wildman–Crippen LogP) is 3.07. The summed E-state index contributed by atoms with van der Waals surface area (Å²) in [7, 11) is 0. The van der Waals surface area contributed by atoms with Crippen LogP contribution in [-0.2, 0) is 6.54 Å². The minimum atomic E-state index is -0.516. The van der Waals surface area contributed by atoms with E-state index in [0.29, 0.717) is 16.9 Å². The number of hydrogen-bond donors (Lipinski definition) is 3. The first-order valence-electron chi connectivity index (χ1n) is 5.90. The van der Waals surface area contributed by atoms with E-state index in [9.17, 15) is 13.6 Å². The van der Waals surface area contributed by atoms with Crippen molar-refractivity contribution in [2.75, 3.05) is 10.6 Å². The lowest BCUT2D eigenvalue weighted by molar-refractivity contribution is 0.262. The van der Waals surface area contributed by atoms with Gasteiger partial charge < -0.3 is 16.4 Å². The summed E-state index contributed by atoms with van der Waals surface area (Å²) < 4.78 is 25.8. The number of carbonyl (C=O) groups excluding carboxylic acids is 1. The SMILES string of the molecule is NCc1cc(F)ccc1NC(=O)Nc1ccc(F)cc1. The Hall–Kier alpha value is -2.47. The number of halogens is 2. The topological polar surface area (TPSA) is 67.1 Å². The van der Waals surface area contributed by atoms with Crippen LogP contribution in [0.3, 0.4) is 0 Å². The summed E-state index contributed by atoms with van der Waals surface area (Å²) in [5.74, 6) is -0.810. The highest BCUT2D eigenvalue weighted by atomic mass is 19.1. The van der Waals surface area contributed by atoms with Gasteiger partial charge in [0.1, 0.15) is 11.6 Å². The first-order valence-corrected chi connectivity index (χ1v) is 5.90. The number of benzene rings is 2. The van der Waals surface area contributed by atoms with Gasteiger partial charge in [-0.15, -0.1) is 0 Å². The van der Waals surface area contributed by atoms with Crippen molar-refractivity contribution in [2.45, 2.75) is 6.54 Å². The van der Waals surface area contributed by atoms with E-state index in [0.717, 1.165) is 0 Å². The third-order valence-electron chi connectivity index (χ3n) is 2.64. The molecule has 20 heavy (non-hydrogen) atoms. The van der Waals surface area contributed by atoms with Crippen molar-refractivity contribution in [1.29, 1.82) is 0 Å². The van der Waals surface area contributed by atoms with Crippen LogP contribution in [0.2, 0.25) is 0 Å². The highest BCUT2D eigenvalue weighted by molar-refractivity contribution is 6.00. The van der Waals surface area contributed by atoms with Crippen molar-refractivity contribution >= 4 is 17.4 Å². The van der Waals surface area contributed by atoms with Gasteiger partial charge >= 0.3 is 6.03 Å². The van der Waals surface area contributed by atoms with E-state index in [-0.39, 0.29) is 12.4 Å². The van der Waals surface area contributed by atoms with E-state index in [1.54, 1.807) is 0 Å². The normalized spacial score (nSPS) is 10.2. The molecule has 2 rings (SSSR count). The summed E-state index contributed by atoms with van der Waals surface area (Å²) in [5, 5.41) is 5.09. The minimum Gasteiger partial charge on any atom is -0.326 e. The molecule has 0 radical (unpaired) electrons. The van der Waals surface area contributed by atoms with Crippen LogP contribution in [0.25, 0.3) is 0 Å². The zero-order valence-electron chi connectivity index (χ0n) is 10.5. The van der Waals surface area contributed by atoms with Crippen molar-refractivity contribution in [2.24, 2.45) is 5.73 Å². The first-order chi connectivity index (χ1) is 9.58. The molecule has 6 heteroatoms. The quantitative estimate of drug-likeness (QED) is 0.807. The number of anilines is 2. The second-order valence-corrected chi connectivity index (χ2v) is 4.09. The molecule has 0 saturated heterocycles. The zero-order chi connectivity index (χ0) is 14.5. The number of amides is 2. The molecule has 0 bridgehead atoms. The molecule has 0 atom stereocenters. The van der Waals surface area contributed by atoms with Gasteiger partial charge in [-0.25, -0.2) is 13.6 Å². The van der Waals surface area contributed by atoms with Crippen LogP contribution in [0.5, 0.6) is 0 Å². The van der Waals surface area contributed by atoms with Gasteiger partial charge in [-0.3, -0.25) is 0 Å². The van der Waals surface area contributed by atoms with Gasteiger partial charge in [-0.05, 0) is 48.0 Å². The largest absolute Gasteiger partial charge is 0.326 e. The summed E-state index contributed by atoms with van der Waals surface area (Å²) >= 11 is 0. The monoisotopic (exact) mass is 277 g/mol. The van der Waals surface area contributed by atoms with Crippen LogP contribution in [0.4, 0.5) is 25.0 Å². The number of nitrogens with two attached hydrogens (primary N) is 1. The summed E-state index contributed by atoms with van der Waals surface area (Å²) in [4.78, 5) is 11.8. The molecule has 2 aromatic rings. The molecule has 0 fully saturated rings.